The van der Waals surface area contributed by atoms with E-state index >= 15 is 0 Å². The highest BCUT2D eigenvalue weighted by Crippen LogP contribution is 2.28. The van der Waals surface area contributed by atoms with Crippen LogP contribution in [0.3, 0.4) is 0 Å². The van der Waals surface area contributed by atoms with Crippen LogP contribution in [0.4, 0.5) is 11.4 Å². The first kappa shape index (κ1) is 16.9. The number of benzene rings is 1. The van der Waals surface area contributed by atoms with Gasteiger partial charge >= 0.3 is 5.69 Å². The molecular weight excluding hydrogens is 270 g/mol. The number of carbonyl (C=O) groups excluding carboxylic acids is 1. The van der Waals surface area contributed by atoms with Gasteiger partial charge in [0.15, 0.2) is 0 Å². The predicted octanol–water partition coefficient (Wildman–Crippen LogP) is 3.05. The van der Waals surface area contributed by atoms with Gasteiger partial charge in [-0.2, -0.15) is 0 Å². The number of para-hydroxylation sites is 1. The molecule has 2 N–H and O–H groups in total. The van der Waals surface area contributed by atoms with Gasteiger partial charge < -0.3 is 10.6 Å². The Morgan fingerprint density at radius 3 is 2.52 bits per heavy atom. The van der Waals surface area contributed by atoms with Crippen LogP contribution in [0.2, 0.25) is 0 Å². The van der Waals surface area contributed by atoms with E-state index in [0.717, 1.165) is 0 Å². The molecule has 0 bridgehead atoms. The number of anilines is 1. The van der Waals surface area contributed by atoms with Crippen LogP contribution in [-0.2, 0) is 0 Å². The molecule has 0 fully saturated rings. The number of nitro benzene ring substituents is 1. The first-order chi connectivity index (χ1) is 9.88. The van der Waals surface area contributed by atoms with Gasteiger partial charge in [-0.25, -0.2) is 0 Å². The molecule has 0 aromatic heterocycles. The van der Waals surface area contributed by atoms with Crippen LogP contribution in [-0.4, -0.2) is 23.9 Å². The van der Waals surface area contributed by atoms with Gasteiger partial charge in [0.25, 0.3) is 5.91 Å². The molecule has 1 aromatic carbocycles. The van der Waals surface area contributed by atoms with E-state index in [2.05, 4.69) is 24.5 Å². The molecule has 1 unspecified atom stereocenters. The van der Waals surface area contributed by atoms with Crippen LogP contribution in [0.15, 0.2) is 18.2 Å². The molecule has 0 spiro atoms. The molecule has 0 saturated carbocycles. The van der Waals surface area contributed by atoms with Gasteiger partial charge in [0, 0.05) is 13.1 Å². The number of carbonyl (C=O) groups is 1. The van der Waals surface area contributed by atoms with E-state index in [9.17, 15) is 14.9 Å². The normalized spacial score (nSPS) is 12.0. The Morgan fingerprint density at radius 1 is 1.33 bits per heavy atom. The van der Waals surface area contributed by atoms with Crippen LogP contribution in [0, 0.1) is 22.0 Å². The van der Waals surface area contributed by atoms with E-state index < -0.39 is 10.8 Å². The first-order valence-corrected chi connectivity index (χ1v) is 7.17. The fourth-order valence-corrected chi connectivity index (χ4v) is 1.84. The Balaban J connectivity index is 2.98. The maximum Gasteiger partial charge on any atom is 0.305 e. The molecule has 0 radical (unpaired) electrons. The summed E-state index contributed by atoms with van der Waals surface area (Å²) in [6.07, 6.45) is 0. The third-order valence-electron chi connectivity index (χ3n) is 3.55. The molecular formula is C15H23N3O3. The van der Waals surface area contributed by atoms with Crippen molar-refractivity contribution in [2.75, 3.05) is 18.4 Å². The van der Waals surface area contributed by atoms with Crippen LogP contribution < -0.4 is 10.6 Å². The highest BCUT2D eigenvalue weighted by atomic mass is 16.6. The van der Waals surface area contributed by atoms with E-state index in [4.69, 9.17) is 0 Å². The standard InChI is InChI=1S/C15H23N3O3/c1-5-16-13-8-6-7-12(14(13)18(20)21)15(19)17-9-11(4)10(2)3/h6-8,10-11,16H,5,9H2,1-4H3,(H,17,19). The summed E-state index contributed by atoms with van der Waals surface area (Å²) in [5.74, 6) is 0.340. The smallest absolute Gasteiger partial charge is 0.305 e. The lowest BCUT2D eigenvalue weighted by Crippen LogP contribution is -2.30. The van der Waals surface area contributed by atoms with Gasteiger partial charge in [-0.1, -0.05) is 26.8 Å². The van der Waals surface area contributed by atoms with E-state index in [0.29, 0.717) is 30.6 Å². The first-order valence-electron chi connectivity index (χ1n) is 7.17. The number of nitrogens with zero attached hydrogens (tertiary/aromatic N) is 1. The summed E-state index contributed by atoms with van der Waals surface area (Å²) in [6, 6.07) is 4.73. The van der Waals surface area contributed by atoms with E-state index in [1.165, 1.54) is 6.07 Å². The second kappa shape index (κ2) is 7.61. The fourth-order valence-electron chi connectivity index (χ4n) is 1.84. The Morgan fingerprint density at radius 2 is 2.00 bits per heavy atom. The topological polar surface area (TPSA) is 84.3 Å². The predicted molar refractivity (Wildman–Crippen MR) is 83.6 cm³/mol. The zero-order valence-electron chi connectivity index (χ0n) is 13.0. The number of hydrogen-bond donors (Lipinski definition) is 2. The van der Waals surface area contributed by atoms with Gasteiger partial charge in [0.1, 0.15) is 11.3 Å². The fraction of sp³-hybridized carbons (Fsp3) is 0.533. The highest BCUT2D eigenvalue weighted by molar-refractivity contribution is 6.00. The van der Waals surface area contributed by atoms with Gasteiger partial charge in [-0.05, 0) is 30.9 Å². The van der Waals surface area contributed by atoms with Crippen molar-refractivity contribution in [3.8, 4) is 0 Å². The number of nitro groups is 1. The van der Waals surface area contributed by atoms with Crippen molar-refractivity contribution in [1.29, 1.82) is 0 Å². The van der Waals surface area contributed by atoms with Gasteiger partial charge in [-0.15, -0.1) is 0 Å². The summed E-state index contributed by atoms with van der Waals surface area (Å²) >= 11 is 0. The number of hydrogen-bond acceptors (Lipinski definition) is 4. The monoisotopic (exact) mass is 293 g/mol. The average Bonchev–Trinajstić information content (AvgIpc) is 2.43. The Hall–Kier alpha value is -2.11. The molecule has 116 valence electrons. The molecule has 1 amide bonds. The third-order valence-corrected chi connectivity index (χ3v) is 3.55. The SMILES string of the molecule is CCNc1cccc(C(=O)NCC(C)C(C)C)c1[N+](=O)[O-]. The maximum atomic E-state index is 12.2. The lowest BCUT2D eigenvalue weighted by molar-refractivity contribution is -0.384. The van der Waals surface area contributed by atoms with Crippen LogP contribution in [0.5, 0.6) is 0 Å². The largest absolute Gasteiger partial charge is 0.380 e. The molecule has 0 aliphatic rings. The lowest BCUT2D eigenvalue weighted by atomic mass is 9.98. The molecule has 0 aliphatic carbocycles. The number of nitrogens with one attached hydrogen (secondary N) is 2. The number of amides is 1. The molecule has 1 rings (SSSR count). The maximum absolute atomic E-state index is 12.2. The van der Waals surface area contributed by atoms with Crippen molar-refractivity contribution in [2.24, 2.45) is 11.8 Å². The summed E-state index contributed by atoms with van der Waals surface area (Å²) < 4.78 is 0. The van der Waals surface area contributed by atoms with E-state index in [-0.39, 0.29) is 11.3 Å². The van der Waals surface area contributed by atoms with Crippen molar-refractivity contribution < 1.29 is 9.72 Å². The molecule has 6 nitrogen and oxygen atoms in total. The van der Waals surface area contributed by atoms with Crippen LogP contribution in [0.25, 0.3) is 0 Å². The van der Waals surface area contributed by atoms with Crippen molar-refractivity contribution in [3.63, 3.8) is 0 Å². The van der Waals surface area contributed by atoms with Gasteiger partial charge in [-0.3, -0.25) is 14.9 Å². The van der Waals surface area contributed by atoms with Crippen molar-refractivity contribution >= 4 is 17.3 Å². The Labute approximate surface area is 125 Å². The highest BCUT2D eigenvalue weighted by Gasteiger charge is 2.24. The van der Waals surface area contributed by atoms with Crippen LogP contribution in [0.1, 0.15) is 38.1 Å². The van der Waals surface area contributed by atoms with Gasteiger partial charge in [0.2, 0.25) is 0 Å². The Bertz CT molecular complexity index is 515. The number of rotatable bonds is 7. The second-order valence-electron chi connectivity index (χ2n) is 5.42. The Kier molecular flexibility index (Phi) is 6.14. The molecule has 1 atom stereocenters. The summed E-state index contributed by atoms with van der Waals surface area (Å²) in [5.41, 5.74) is 0.288. The van der Waals surface area contributed by atoms with Gasteiger partial charge in [0.05, 0.1) is 4.92 Å². The zero-order chi connectivity index (χ0) is 16.0. The molecule has 0 saturated heterocycles. The third kappa shape index (κ3) is 4.44. The minimum Gasteiger partial charge on any atom is -0.380 e. The molecule has 0 heterocycles. The summed E-state index contributed by atoms with van der Waals surface area (Å²) in [4.78, 5) is 22.9. The zero-order valence-corrected chi connectivity index (χ0v) is 13.0. The van der Waals surface area contributed by atoms with E-state index in [1.54, 1.807) is 12.1 Å². The van der Waals surface area contributed by atoms with E-state index in [1.807, 2.05) is 13.8 Å². The van der Waals surface area contributed by atoms with Crippen molar-refractivity contribution in [2.45, 2.75) is 27.7 Å². The molecule has 0 aliphatic heterocycles. The second-order valence-corrected chi connectivity index (χ2v) is 5.42. The van der Waals surface area contributed by atoms with Crippen molar-refractivity contribution in [1.82, 2.24) is 5.32 Å². The minimum absolute atomic E-state index is 0.0920. The summed E-state index contributed by atoms with van der Waals surface area (Å²) in [7, 11) is 0. The molecule has 1 aromatic rings. The lowest BCUT2D eigenvalue weighted by Gasteiger charge is -2.16. The van der Waals surface area contributed by atoms with Crippen molar-refractivity contribution in [3.05, 3.63) is 33.9 Å². The minimum atomic E-state index is -0.515. The summed E-state index contributed by atoms with van der Waals surface area (Å²) in [5, 5.41) is 16.9. The average molecular weight is 293 g/mol. The quantitative estimate of drug-likeness (QED) is 0.597. The molecule has 6 heteroatoms. The van der Waals surface area contributed by atoms with Crippen LogP contribution >= 0.6 is 0 Å². The summed E-state index contributed by atoms with van der Waals surface area (Å²) in [6.45, 7) is 9.08. The molecule has 21 heavy (non-hydrogen) atoms.